The molecule has 3 N–H and O–H groups in total. The molecule has 0 aromatic heterocycles. The monoisotopic (exact) mass is 288 g/mol. The lowest BCUT2D eigenvalue weighted by molar-refractivity contribution is -0.173. The maximum atomic E-state index is 11.7. The molecule has 0 unspecified atom stereocenters. The predicted octanol–water partition coefficient (Wildman–Crippen LogP) is -0.0343. The summed E-state index contributed by atoms with van der Waals surface area (Å²) in [7, 11) is 0. The number of rotatable bonds is 9. The van der Waals surface area contributed by atoms with Crippen LogP contribution in [-0.2, 0) is 14.3 Å². The van der Waals surface area contributed by atoms with E-state index >= 15 is 0 Å². The maximum Gasteiger partial charge on any atom is 0.411 e. The molecule has 0 radical (unpaired) electrons. The second-order valence-corrected chi connectivity index (χ2v) is 3.30. The van der Waals surface area contributed by atoms with Gasteiger partial charge in [-0.25, -0.2) is 9.59 Å². The van der Waals surface area contributed by atoms with Crippen molar-refractivity contribution in [3.63, 3.8) is 0 Å². The molecule has 0 atom stereocenters. The Morgan fingerprint density at radius 3 is 2.05 bits per heavy atom. The van der Waals surface area contributed by atoms with E-state index in [1.165, 1.54) is 0 Å². The van der Waals surface area contributed by atoms with Gasteiger partial charge in [0.15, 0.2) is 0 Å². The van der Waals surface area contributed by atoms with Gasteiger partial charge in [0.1, 0.15) is 13.2 Å². The van der Waals surface area contributed by atoms with E-state index in [2.05, 4.69) is 20.1 Å². The molecule has 0 aromatic rings. The molecule has 0 rings (SSSR count). The van der Waals surface area contributed by atoms with Crippen LogP contribution in [0.25, 0.3) is 0 Å². The van der Waals surface area contributed by atoms with Gasteiger partial charge in [-0.15, -0.1) is 0 Å². The highest BCUT2D eigenvalue weighted by atomic mass is 19.4. The average molecular weight is 288 g/mol. The third-order valence-corrected chi connectivity index (χ3v) is 1.56. The van der Waals surface area contributed by atoms with E-state index in [-0.39, 0.29) is 26.3 Å². The highest BCUT2D eigenvalue weighted by Gasteiger charge is 2.27. The van der Waals surface area contributed by atoms with Gasteiger partial charge in [-0.1, -0.05) is 0 Å². The molecule has 0 saturated carbocycles. The molecule has 0 aromatic carbocycles. The summed E-state index contributed by atoms with van der Waals surface area (Å²) in [5.74, 6) is -1.12. The molecule has 0 spiro atoms. The summed E-state index contributed by atoms with van der Waals surface area (Å²) in [4.78, 5) is 21.1. The molecule has 0 bridgehead atoms. The Balaban J connectivity index is 3.33. The number of ether oxygens (including phenoxy) is 2. The zero-order chi connectivity index (χ0) is 14.7. The van der Waals surface area contributed by atoms with Crippen LogP contribution in [0.3, 0.4) is 0 Å². The highest BCUT2D eigenvalue weighted by Crippen LogP contribution is 2.13. The van der Waals surface area contributed by atoms with Gasteiger partial charge in [0.2, 0.25) is 0 Å². The molecule has 112 valence electrons. The second-order valence-electron chi connectivity index (χ2n) is 3.30. The van der Waals surface area contributed by atoms with Crippen molar-refractivity contribution in [3.8, 4) is 0 Å². The van der Waals surface area contributed by atoms with E-state index in [1.54, 1.807) is 0 Å². The normalized spacial score (nSPS) is 11.1. The molecule has 10 heteroatoms. The topological polar surface area (TPSA) is 96.9 Å². The lowest BCUT2D eigenvalue weighted by atomic mass is 10.6. The fourth-order valence-electron chi connectivity index (χ4n) is 0.883. The zero-order valence-corrected chi connectivity index (χ0v) is 9.96. The van der Waals surface area contributed by atoms with Crippen LogP contribution in [0.5, 0.6) is 0 Å². The highest BCUT2D eigenvalue weighted by molar-refractivity contribution is 5.73. The van der Waals surface area contributed by atoms with Crippen molar-refractivity contribution in [2.24, 2.45) is 0 Å². The van der Waals surface area contributed by atoms with Gasteiger partial charge in [0.25, 0.3) is 0 Å². The second kappa shape index (κ2) is 9.39. The van der Waals surface area contributed by atoms with Crippen LogP contribution < -0.4 is 10.6 Å². The number of halogens is 3. The summed E-state index contributed by atoms with van der Waals surface area (Å²) < 4.78 is 43.9. The molecule has 0 fully saturated rings. The van der Waals surface area contributed by atoms with Crippen molar-refractivity contribution in [3.05, 3.63) is 0 Å². The Hall–Kier alpha value is -1.55. The molecule has 0 saturated heterocycles. The first-order valence-electron chi connectivity index (χ1n) is 5.27. The first-order valence-corrected chi connectivity index (χ1v) is 5.27. The summed E-state index contributed by atoms with van der Waals surface area (Å²) in [6, 6.07) is -0.602. The molecular formula is C9H15F3N2O5. The molecule has 0 aliphatic heterocycles. The van der Waals surface area contributed by atoms with E-state index in [1.807, 2.05) is 0 Å². The van der Waals surface area contributed by atoms with Crippen molar-refractivity contribution in [2.45, 2.75) is 6.18 Å². The first-order chi connectivity index (χ1) is 8.81. The number of alkyl halides is 3. The minimum absolute atomic E-state index is 0.0181. The smallest absolute Gasteiger partial charge is 0.411 e. The van der Waals surface area contributed by atoms with Crippen LogP contribution in [0.4, 0.5) is 18.0 Å². The van der Waals surface area contributed by atoms with E-state index in [4.69, 9.17) is 5.11 Å². The van der Waals surface area contributed by atoms with Crippen LogP contribution in [0, 0.1) is 0 Å². The summed E-state index contributed by atoms with van der Waals surface area (Å²) in [5.41, 5.74) is 0. The molecule has 7 nitrogen and oxygen atoms in total. The van der Waals surface area contributed by atoms with Crippen LogP contribution in [0.1, 0.15) is 0 Å². The lowest BCUT2D eigenvalue weighted by Crippen LogP contribution is -2.39. The molecule has 0 heterocycles. The van der Waals surface area contributed by atoms with Crippen molar-refractivity contribution in [2.75, 3.05) is 39.5 Å². The van der Waals surface area contributed by atoms with Gasteiger partial charge in [-0.2, -0.15) is 13.2 Å². The van der Waals surface area contributed by atoms with Gasteiger partial charge in [-0.05, 0) is 0 Å². The van der Waals surface area contributed by atoms with Gasteiger partial charge in [0.05, 0.1) is 13.2 Å². The van der Waals surface area contributed by atoms with Crippen LogP contribution in [0.15, 0.2) is 0 Å². The van der Waals surface area contributed by atoms with Gasteiger partial charge >= 0.3 is 18.2 Å². The summed E-state index contributed by atoms with van der Waals surface area (Å²) >= 11 is 0. The van der Waals surface area contributed by atoms with Crippen molar-refractivity contribution >= 4 is 12.0 Å². The summed E-state index contributed by atoms with van der Waals surface area (Å²) in [6.07, 6.45) is -4.39. The molecule has 0 aliphatic carbocycles. The average Bonchev–Trinajstić information content (AvgIpc) is 2.26. The Labute approximate surface area is 107 Å². The SMILES string of the molecule is O=C(O)COCCNC(=O)NCCOCC(F)(F)F. The fourth-order valence-corrected chi connectivity index (χ4v) is 0.883. The number of urea groups is 1. The van der Waals surface area contributed by atoms with Gasteiger partial charge < -0.3 is 25.2 Å². The van der Waals surface area contributed by atoms with Crippen molar-refractivity contribution < 1.29 is 37.3 Å². The number of carbonyl (C=O) groups excluding carboxylic acids is 1. The standard InChI is InChI=1S/C9H15F3N2O5/c10-9(11,12)6-19-4-2-14-8(17)13-1-3-18-5-7(15)16/h1-6H2,(H,15,16)(H2,13,14,17). The third-order valence-electron chi connectivity index (χ3n) is 1.56. The number of carboxylic acids is 1. The minimum atomic E-state index is -4.39. The Bertz CT molecular complexity index is 286. The van der Waals surface area contributed by atoms with E-state index < -0.39 is 31.4 Å². The van der Waals surface area contributed by atoms with Crippen molar-refractivity contribution in [1.82, 2.24) is 10.6 Å². The molecule has 2 amide bonds. The third kappa shape index (κ3) is 14.4. The number of amides is 2. The molecule has 19 heavy (non-hydrogen) atoms. The van der Waals surface area contributed by atoms with E-state index in [0.29, 0.717) is 0 Å². The van der Waals surface area contributed by atoms with Gasteiger partial charge in [-0.3, -0.25) is 0 Å². The van der Waals surface area contributed by atoms with Crippen LogP contribution in [-0.4, -0.2) is 62.8 Å². The number of hydrogen-bond acceptors (Lipinski definition) is 4. The van der Waals surface area contributed by atoms with Gasteiger partial charge in [0, 0.05) is 13.1 Å². The van der Waals surface area contributed by atoms with E-state index in [0.717, 1.165) is 0 Å². The Morgan fingerprint density at radius 2 is 1.58 bits per heavy atom. The van der Waals surface area contributed by atoms with Crippen LogP contribution in [0.2, 0.25) is 0 Å². The van der Waals surface area contributed by atoms with E-state index in [9.17, 15) is 22.8 Å². The predicted molar refractivity (Wildman–Crippen MR) is 56.7 cm³/mol. The molecular weight excluding hydrogens is 273 g/mol. The Kier molecular flexibility index (Phi) is 8.62. The number of carbonyl (C=O) groups is 2. The summed E-state index contributed by atoms with van der Waals surface area (Å²) in [5, 5.41) is 12.8. The molecule has 0 aliphatic rings. The van der Waals surface area contributed by atoms with Crippen molar-refractivity contribution in [1.29, 1.82) is 0 Å². The number of hydrogen-bond donors (Lipinski definition) is 3. The summed E-state index contributed by atoms with van der Waals surface area (Å²) in [6.45, 7) is -2.05. The lowest BCUT2D eigenvalue weighted by Gasteiger charge is -2.09. The number of carboxylic acid groups (broad SMARTS) is 1. The fraction of sp³-hybridized carbons (Fsp3) is 0.778. The minimum Gasteiger partial charge on any atom is -0.480 e. The number of aliphatic carboxylic acids is 1. The van der Waals surface area contributed by atoms with Crippen LogP contribution >= 0.6 is 0 Å². The zero-order valence-electron chi connectivity index (χ0n) is 9.96. The largest absolute Gasteiger partial charge is 0.480 e. The first kappa shape index (κ1) is 17.4. The Morgan fingerprint density at radius 1 is 1.05 bits per heavy atom. The number of nitrogens with one attached hydrogen (secondary N) is 2. The quantitative estimate of drug-likeness (QED) is 0.517. The maximum absolute atomic E-state index is 11.7.